The summed E-state index contributed by atoms with van der Waals surface area (Å²) in [5, 5.41) is 0. The molecule has 2 aromatic carbocycles. The zero-order chi connectivity index (χ0) is 17.9. The van der Waals surface area contributed by atoms with Crippen molar-refractivity contribution in [2.75, 3.05) is 28.4 Å². The first kappa shape index (κ1) is 19.0. The van der Waals surface area contributed by atoms with Crippen LogP contribution < -0.4 is 18.9 Å². The van der Waals surface area contributed by atoms with Crippen LogP contribution in [0.15, 0.2) is 36.4 Å². The molecule has 0 saturated heterocycles. The van der Waals surface area contributed by atoms with Crippen molar-refractivity contribution in [3.8, 4) is 23.0 Å². The molecule has 0 bridgehead atoms. The first-order chi connectivity index (χ1) is 11.7. The molecule has 0 unspecified atom stereocenters. The molecule has 0 radical (unpaired) electrons. The Bertz CT molecular complexity index is 622. The number of methoxy groups -OCH3 is 4. The molecule has 6 nitrogen and oxygen atoms in total. The van der Waals surface area contributed by atoms with E-state index in [2.05, 4.69) is 0 Å². The van der Waals surface area contributed by atoms with E-state index >= 15 is 0 Å². The molecule has 0 saturated carbocycles. The van der Waals surface area contributed by atoms with E-state index in [1.165, 1.54) is 28.4 Å². The lowest BCUT2D eigenvalue weighted by Crippen LogP contribution is -1.94. The average Bonchev–Trinajstić information content (AvgIpc) is 2.66. The van der Waals surface area contributed by atoms with Gasteiger partial charge in [-0.25, -0.2) is 0 Å². The number of hydrogen-bond donors (Lipinski definition) is 0. The number of rotatable bonds is 6. The fourth-order valence-corrected chi connectivity index (χ4v) is 2.01. The molecule has 24 heavy (non-hydrogen) atoms. The normalized spacial score (nSPS) is 9.17. The Morgan fingerprint density at radius 1 is 0.625 bits per heavy atom. The van der Waals surface area contributed by atoms with Crippen molar-refractivity contribution in [1.82, 2.24) is 0 Å². The summed E-state index contributed by atoms with van der Waals surface area (Å²) in [4.78, 5) is 21.0. The van der Waals surface area contributed by atoms with Crippen molar-refractivity contribution in [1.29, 1.82) is 0 Å². The summed E-state index contributed by atoms with van der Waals surface area (Å²) >= 11 is 0. The Hall–Kier alpha value is -3.02. The van der Waals surface area contributed by atoms with Gasteiger partial charge in [0.25, 0.3) is 0 Å². The molecule has 0 heterocycles. The molecule has 128 valence electrons. The molecular formula is C18H20O6. The Kier molecular flexibility index (Phi) is 7.84. The zero-order valence-electron chi connectivity index (χ0n) is 14.1. The third-order valence-corrected chi connectivity index (χ3v) is 3.12. The lowest BCUT2D eigenvalue weighted by atomic mass is 10.2. The van der Waals surface area contributed by atoms with E-state index in [-0.39, 0.29) is 0 Å². The van der Waals surface area contributed by atoms with E-state index < -0.39 is 0 Å². The molecule has 0 aromatic heterocycles. The van der Waals surface area contributed by atoms with Crippen molar-refractivity contribution in [3.05, 3.63) is 47.5 Å². The third-order valence-electron chi connectivity index (χ3n) is 3.12. The minimum atomic E-state index is 0.481. The monoisotopic (exact) mass is 332 g/mol. The molecule has 2 rings (SSSR count). The summed E-state index contributed by atoms with van der Waals surface area (Å²) in [5.74, 6) is 2.11. The van der Waals surface area contributed by atoms with E-state index in [1.807, 2.05) is 0 Å². The average molecular weight is 332 g/mol. The largest absolute Gasteiger partial charge is 0.493 e. The number of ether oxygens (including phenoxy) is 4. The second-order valence-corrected chi connectivity index (χ2v) is 4.40. The van der Waals surface area contributed by atoms with Crippen molar-refractivity contribution < 1.29 is 28.5 Å². The van der Waals surface area contributed by atoms with Gasteiger partial charge in [0.05, 0.1) is 39.6 Å². The number of benzene rings is 2. The third kappa shape index (κ3) is 4.49. The molecular weight excluding hydrogens is 312 g/mol. The summed E-state index contributed by atoms with van der Waals surface area (Å²) in [7, 11) is 6.08. The van der Waals surface area contributed by atoms with Gasteiger partial charge in [-0.1, -0.05) is 12.1 Å². The molecule has 0 fully saturated rings. The van der Waals surface area contributed by atoms with Gasteiger partial charge in [-0.3, -0.25) is 9.59 Å². The number of hydrogen-bond acceptors (Lipinski definition) is 6. The first-order valence-electron chi connectivity index (χ1n) is 6.99. The van der Waals surface area contributed by atoms with Crippen LogP contribution >= 0.6 is 0 Å². The quantitative estimate of drug-likeness (QED) is 0.757. The SMILES string of the molecule is COc1cccc(C=O)c1OC.COc1cccc(C=O)c1OC. The molecule has 0 atom stereocenters. The van der Waals surface area contributed by atoms with E-state index in [0.29, 0.717) is 34.1 Å². The van der Waals surface area contributed by atoms with Gasteiger partial charge in [-0.15, -0.1) is 0 Å². The molecule has 2 aromatic rings. The molecule has 0 aliphatic carbocycles. The molecule has 0 N–H and O–H groups in total. The van der Waals surface area contributed by atoms with Crippen LogP contribution in [-0.4, -0.2) is 41.0 Å². The predicted octanol–water partition coefficient (Wildman–Crippen LogP) is 3.03. The minimum Gasteiger partial charge on any atom is -0.493 e. The highest BCUT2D eigenvalue weighted by atomic mass is 16.5. The summed E-state index contributed by atoms with van der Waals surface area (Å²) in [5.41, 5.74) is 0.994. The van der Waals surface area contributed by atoms with E-state index in [4.69, 9.17) is 18.9 Å². The van der Waals surface area contributed by atoms with Gasteiger partial charge in [-0.05, 0) is 24.3 Å². The molecule has 0 amide bonds. The van der Waals surface area contributed by atoms with Crippen LogP contribution in [0.5, 0.6) is 23.0 Å². The predicted molar refractivity (Wildman–Crippen MR) is 89.9 cm³/mol. The van der Waals surface area contributed by atoms with Crippen LogP contribution in [0.2, 0.25) is 0 Å². The highest BCUT2D eigenvalue weighted by Crippen LogP contribution is 2.29. The maximum absolute atomic E-state index is 10.5. The van der Waals surface area contributed by atoms with Gasteiger partial charge in [0.2, 0.25) is 0 Å². The van der Waals surface area contributed by atoms with Crippen molar-refractivity contribution in [2.24, 2.45) is 0 Å². The number of aldehydes is 2. The van der Waals surface area contributed by atoms with Gasteiger partial charge < -0.3 is 18.9 Å². The van der Waals surface area contributed by atoms with Crippen LogP contribution in [0.1, 0.15) is 20.7 Å². The van der Waals surface area contributed by atoms with Gasteiger partial charge in [0.1, 0.15) is 0 Å². The summed E-state index contributed by atoms with van der Waals surface area (Å²) < 4.78 is 20.0. The fraction of sp³-hybridized carbons (Fsp3) is 0.222. The maximum Gasteiger partial charge on any atom is 0.171 e. The zero-order valence-corrected chi connectivity index (χ0v) is 14.1. The van der Waals surface area contributed by atoms with Crippen molar-refractivity contribution >= 4 is 12.6 Å². The van der Waals surface area contributed by atoms with Gasteiger partial charge in [-0.2, -0.15) is 0 Å². The summed E-state index contributed by atoms with van der Waals surface area (Å²) in [6.07, 6.45) is 1.47. The number of carbonyl (C=O) groups is 2. The van der Waals surface area contributed by atoms with E-state index in [9.17, 15) is 9.59 Å². The summed E-state index contributed by atoms with van der Waals surface area (Å²) in [6.45, 7) is 0. The molecule has 0 aliphatic rings. The van der Waals surface area contributed by atoms with E-state index in [0.717, 1.165) is 12.6 Å². The molecule has 0 spiro atoms. The van der Waals surface area contributed by atoms with Crippen LogP contribution in [0.3, 0.4) is 0 Å². The van der Waals surface area contributed by atoms with Crippen molar-refractivity contribution in [3.63, 3.8) is 0 Å². The second-order valence-electron chi connectivity index (χ2n) is 4.40. The lowest BCUT2D eigenvalue weighted by molar-refractivity contribution is 0.111. The smallest absolute Gasteiger partial charge is 0.171 e. The summed E-state index contributed by atoms with van der Waals surface area (Å²) in [6, 6.07) is 10.3. The van der Waals surface area contributed by atoms with E-state index in [1.54, 1.807) is 36.4 Å². The van der Waals surface area contributed by atoms with Crippen molar-refractivity contribution in [2.45, 2.75) is 0 Å². The Labute approximate surface area is 140 Å². The Morgan fingerprint density at radius 2 is 1.00 bits per heavy atom. The number of para-hydroxylation sites is 2. The molecule has 0 aliphatic heterocycles. The van der Waals surface area contributed by atoms with Crippen LogP contribution in [0.4, 0.5) is 0 Å². The minimum absolute atomic E-state index is 0.481. The lowest BCUT2D eigenvalue weighted by Gasteiger charge is -2.07. The van der Waals surface area contributed by atoms with Gasteiger partial charge >= 0.3 is 0 Å². The van der Waals surface area contributed by atoms with Crippen LogP contribution in [-0.2, 0) is 0 Å². The second kappa shape index (κ2) is 9.89. The number of carbonyl (C=O) groups excluding carboxylic acids is 2. The fourth-order valence-electron chi connectivity index (χ4n) is 2.01. The van der Waals surface area contributed by atoms with Gasteiger partial charge in [0.15, 0.2) is 35.6 Å². The van der Waals surface area contributed by atoms with Gasteiger partial charge in [0, 0.05) is 0 Å². The van der Waals surface area contributed by atoms with Crippen LogP contribution in [0.25, 0.3) is 0 Å². The first-order valence-corrected chi connectivity index (χ1v) is 6.99. The molecule has 6 heteroatoms. The van der Waals surface area contributed by atoms with Crippen LogP contribution in [0, 0.1) is 0 Å². The Morgan fingerprint density at radius 3 is 1.25 bits per heavy atom. The highest BCUT2D eigenvalue weighted by molar-refractivity contribution is 5.81. The Balaban J connectivity index is 0.000000240. The maximum atomic E-state index is 10.5. The topological polar surface area (TPSA) is 71.1 Å². The highest BCUT2D eigenvalue weighted by Gasteiger charge is 2.07. The standard InChI is InChI=1S/2C9H10O3/c2*1-11-8-5-3-4-7(6-10)9(8)12-2/h2*3-6H,1-2H3.